The van der Waals surface area contributed by atoms with Crippen LogP contribution in [-0.2, 0) is 15.1 Å². The van der Waals surface area contributed by atoms with Crippen molar-refractivity contribution in [2.45, 2.75) is 5.60 Å². The van der Waals surface area contributed by atoms with Crippen molar-refractivity contribution in [2.24, 2.45) is 4.99 Å². The molecule has 0 unspecified atom stereocenters. The molecule has 28 heavy (non-hydrogen) atoms. The Morgan fingerprint density at radius 2 is 1.54 bits per heavy atom. The number of hydrogen-bond acceptors (Lipinski definition) is 7. The van der Waals surface area contributed by atoms with Crippen LogP contribution in [0.25, 0.3) is 0 Å². The van der Waals surface area contributed by atoms with Crippen LogP contribution in [0.5, 0.6) is 23.0 Å². The molecule has 0 aliphatic carbocycles. The average molecular weight is 373 g/mol. The molecule has 0 amide bonds. The summed E-state index contributed by atoms with van der Waals surface area (Å²) in [6, 6.07) is 13.9. The fourth-order valence-electron chi connectivity index (χ4n) is 3.87. The number of carbonyl (C=O) groups is 1. The van der Waals surface area contributed by atoms with Gasteiger partial charge in [-0.15, -0.1) is 0 Å². The summed E-state index contributed by atoms with van der Waals surface area (Å²) < 4.78 is 11.8. The van der Waals surface area contributed by atoms with E-state index in [1.54, 1.807) is 24.3 Å². The minimum Gasteiger partial charge on any atom is -0.508 e. The van der Waals surface area contributed by atoms with E-state index in [1.165, 1.54) is 36.4 Å². The third-order valence-corrected chi connectivity index (χ3v) is 4.95. The lowest BCUT2D eigenvalue weighted by Gasteiger charge is -2.36. The molecule has 7 nitrogen and oxygen atoms in total. The summed E-state index contributed by atoms with van der Waals surface area (Å²) in [6.07, 6.45) is 1.46. The molecule has 3 aromatic rings. The van der Waals surface area contributed by atoms with Crippen molar-refractivity contribution in [3.8, 4) is 23.0 Å². The number of ether oxygens (including phenoxy) is 2. The number of rotatable bonds is 1. The fraction of sp³-hybridized carbons (Fsp3) is 0.0476. The van der Waals surface area contributed by atoms with Crippen molar-refractivity contribution in [1.29, 1.82) is 0 Å². The van der Waals surface area contributed by atoms with Crippen LogP contribution in [0.3, 0.4) is 0 Å². The first-order chi connectivity index (χ1) is 13.5. The van der Waals surface area contributed by atoms with Crippen LogP contribution in [0.1, 0.15) is 27.0 Å². The van der Waals surface area contributed by atoms with E-state index in [4.69, 9.17) is 9.47 Å². The largest absolute Gasteiger partial charge is 0.508 e. The van der Waals surface area contributed by atoms with Crippen LogP contribution in [-0.4, -0.2) is 22.3 Å². The van der Waals surface area contributed by atoms with E-state index in [1.807, 2.05) is 0 Å². The summed E-state index contributed by atoms with van der Waals surface area (Å²) in [7, 11) is 0. The van der Waals surface area contributed by atoms with Gasteiger partial charge in [0, 0.05) is 28.8 Å². The molecule has 2 aliphatic heterocycles. The van der Waals surface area contributed by atoms with Crippen LogP contribution < -0.4 is 4.74 Å². The number of esters is 1. The molecule has 2 heterocycles. The Kier molecular flexibility index (Phi) is 3.14. The van der Waals surface area contributed by atoms with E-state index in [0.717, 1.165) is 0 Å². The number of aliphatic imine (C=N–C) groups is 1. The molecule has 2 N–H and O–H groups in total. The minimum absolute atomic E-state index is 0.0265. The Hall–Kier alpha value is -4.09. The van der Waals surface area contributed by atoms with Gasteiger partial charge in [-0.05, 0) is 30.3 Å². The maximum Gasteiger partial charge on any atom is 0.342 e. The van der Waals surface area contributed by atoms with Crippen LogP contribution in [0.2, 0.25) is 0 Å². The number of benzene rings is 3. The predicted molar refractivity (Wildman–Crippen MR) is 95.8 cm³/mol. The molecule has 0 radical (unpaired) electrons. The summed E-state index contributed by atoms with van der Waals surface area (Å²) >= 11 is 0. The second-order valence-corrected chi connectivity index (χ2v) is 6.44. The number of aromatic hydroxyl groups is 2. The number of carbonyl (C=O) groups excluding carboxylic acids is 2. The maximum atomic E-state index is 12.8. The van der Waals surface area contributed by atoms with E-state index < -0.39 is 11.6 Å². The lowest BCUT2D eigenvalue weighted by Crippen LogP contribution is -2.32. The lowest BCUT2D eigenvalue weighted by atomic mass is 9.77. The van der Waals surface area contributed by atoms with Gasteiger partial charge in [-0.25, -0.2) is 9.59 Å². The summed E-state index contributed by atoms with van der Waals surface area (Å²) in [5.41, 5.74) is 0.430. The van der Waals surface area contributed by atoms with Gasteiger partial charge in [-0.1, -0.05) is 12.1 Å². The van der Waals surface area contributed by atoms with Crippen LogP contribution in [0, 0.1) is 0 Å². The topological polar surface area (TPSA) is 105 Å². The highest BCUT2D eigenvalue weighted by atomic mass is 16.6. The van der Waals surface area contributed by atoms with Crippen molar-refractivity contribution in [3.05, 3.63) is 76.9 Å². The highest BCUT2D eigenvalue weighted by molar-refractivity contribution is 6.02. The molecule has 0 aromatic heterocycles. The molecule has 0 fully saturated rings. The first-order valence-electron chi connectivity index (χ1n) is 8.34. The lowest BCUT2D eigenvalue weighted by molar-refractivity contribution is 0.0224. The van der Waals surface area contributed by atoms with Gasteiger partial charge in [-0.2, -0.15) is 4.99 Å². The zero-order chi connectivity index (χ0) is 19.5. The monoisotopic (exact) mass is 373 g/mol. The third kappa shape index (κ3) is 1.96. The van der Waals surface area contributed by atoms with Gasteiger partial charge in [0.1, 0.15) is 23.0 Å². The van der Waals surface area contributed by atoms with Crippen LogP contribution in [0.15, 0.2) is 59.6 Å². The number of hydrogen-bond donors (Lipinski definition) is 2. The van der Waals surface area contributed by atoms with Gasteiger partial charge < -0.3 is 19.7 Å². The van der Waals surface area contributed by atoms with Crippen LogP contribution >= 0.6 is 0 Å². The average Bonchev–Trinajstić information content (AvgIpc) is 2.96. The third-order valence-electron chi connectivity index (χ3n) is 4.95. The molecule has 7 heteroatoms. The smallest absolute Gasteiger partial charge is 0.342 e. The Balaban J connectivity index is 1.91. The van der Waals surface area contributed by atoms with Gasteiger partial charge in [0.15, 0.2) is 5.60 Å². The quantitative estimate of drug-likeness (QED) is 0.383. The van der Waals surface area contributed by atoms with Crippen molar-refractivity contribution >= 4 is 17.7 Å². The van der Waals surface area contributed by atoms with E-state index in [-0.39, 0.29) is 34.2 Å². The second-order valence-electron chi connectivity index (χ2n) is 6.44. The van der Waals surface area contributed by atoms with E-state index in [2.05, 4.69) is 4.99 Å². The molecule has 2 aliphatic rings. The molecule has 0 saturated heterocycles. The van der Waals surface area contributed by atoms with Crippen molar-refractivity contribution < 1.29 is 29.3 Å². The zero-order valence-electron chi connectivity index (χ0n) is 14.2. The molecule has 1 spiro atoms. The SMILES string of the molecule is O=C=Nc1cccc2c1C(=O)OC21c2ccc(O)cc2Oc2cc(O)ccc21. The zero-order valence-corrected chi connectivity index (χ0v) is 14.2. The highest BCUT2D eigenvalue weighted by Gasteiger charge is 2.54. The highest BCUT2D eigenvalue weighted by Crippen LogP contribution is 2.57. The predicted octanol–water partition coefficient (Wildman–Crippen LogP) is 3.63. The number of fused-ring (bicyclic) bond motifs is 6. The van der Waals surface area contributed by atoms with Gasteiger partial charge in [0.05, 0.1) is 11.3 Å². The van der Waals surface area contributed by atoms with E-state index in [9.17, 15) is 19.8 Å². The van der Waals surface area contributed by atoms with E-state index in [0.29, 0.717) is 16.7 Å². The molecule has 0 bridgehead atoms. The second kappa shape index (κ2) is 5.45. The number of nitrogens with zero attached hydrogens (tertiary/aromatic N) is 1. The van der Waals surface area contributed by atoms with Crippen molar-refractivity contribution in [1.82, 2.24) is 0 Å². The molecule has 5 rings (SSSR count). The summed E-state index contributed by atoms with van der Waals surface area (Å²) in [6.45, 7) is 0. The summed E-state index contributed by atoms with van der Waals surface area (Å²) in [5.74, 6) is -0.140. The van der Waals surface area contributed by atoms with Crippen molar-refractivity contribution in [2.75, 3.05) is 0 Å². The first kappa shape index (κ1) is 16.1. The number of phenolic OH excluding ortho intramolecular Hbond substituents is 2. The number of phenols is 2. The van der Waals surface area contributed by atoms with E-state index >= 15 is 0 Å². The summed E-state index contributed by atoms with van der Waals surface area (Å²) in [4.78, 5) is 27.3. The van der Waals surface area contributed by atoms with Crippen molar-refractivity contribution in [3.63, 3.8) is 0 Å². The Morgan fingerprint density at radius 1 is 0.893 bits per heavy atom. The van der Waals surface area contributed by atoms with Gasteiger partial charge >= 0.3 is 5.97 Å². The normalized spacial score (nSPS) is 14.9. The fourth-order valence-corrected chi connectivity index (χ4v) is 3.87. The van der Waals surface area contributed by atoms with Gasteiger partial charge in [0.25, 0.3) is 0 Å². The summed E-state index contributed by atoms with van der Waals surface area (Å²) in [5, 5.41) is 19.8. The molecular formula is C21H11NO6. The Bertz CT molecular complexity index is 1170. The molecule has 0 atom stereocenters. The van der Waals surface area contributed by atoms with Crippen LogP contribution in [0.4, 0.5) is 5.69 Å². The van der Waals surface area contributed by atoms with Gasteiger partial charge in [-0.3, -0.25) is 0 Å². The Morgan fingerprint density at radius 3 is 2.14 bits per heavy atom. The molecule has 0 saturated carbocycles. The molecular weight excluding hydrogens is 362 g/mol. The van der Waals surface area contributed by atoms with Gasteiger partial charge in [0.2, 0.25) is 6.08 Å². The number of isocyanates is 1. The minimum atomic E-state index is -1.37. The standard InChI is InChI=1S/C21H11NO6/c23-10-22-16-3-1-2-15-19(16)20(26)28-21(15)13-6-4-11(24)8-17(13)27-18-9-12(25)5-7-14(18)21/h1-9,24-25H. The molecule has 136 valence electrons. The molecule has 3 aromatic carbocycles. The maximum absolute atomic E-state index is 12.8. The first-order valence-corrected chi connectivity index (χ1v) is 8.34. The Labute approximate surface area is 158 Å².